The molecule has 5 atom stereocenters. The van der Waals surface area contributed by atoms with Crippen LogP contribution in [0, 0.1) is 17.8 Å². The van der Waals surface area contributed by atoms with Crippen LogP contribution in [-0.2, 0) is 14.4 Å². The van der Waals surface area contributed by atoms with Crippen molar-refractivity contribution in [2.45, 2.75) is 53.2 Å². The minimum absolute atomic E-state index is 0.281. The molecular formula is C17H29NO6. The minimum atomic E-state index is -1.31. The number of Topliss-reactive ketones (excluding diaryl/α,β-unsaturated/α-hetero) is 1. The molecule has 0 aliphatic rings. The standard InChI is InChI=1S/C17H29NO6/c1-6-13(19)9(2)7-10(3)16(22)18-8-14(20)11(4)15(21)12(5)17(23)24/h7,10-13,15,19,21H,6,8H2,1-5H3,(H,18,22)(H,23,24)/b9-7-/t10-,11-,12+,13+,15-/m1/s1. The van der Waals surface area contributed by atoms with Crippen LogP contribution in [0.25, 0.3) is 0 Å². The molecule has 0 radical (unpaired) electrons. The van der Waals surface area contributed by atoms with Crippen molar-refractivity contribution < 1.29 is 29.7 Å². The van der Waals surface area contributed by atoms with Gasteiger partial charge in [-0.15, -0.1) is 0 Å². The van der Waals surface area contributed by atoms with Gasteiger partial charge in [0.15, 0.2) is 5.78 Å². The lowest BCUT2D eigenvalue weighted by Gasteiger charge is -2.21. The van der Waals surface area contributed by atoms with Crippen molar-refractivity contribution in [2.75, 3.05) is 6.54 Å². The lowest BCUT2D eigenvalue weighted by Crippen LogP contribution is -2.41. The Bertz CT molecular complexity index is 487. The van der Waals surface area contributed by atoms with Gasteiger partial charge in [-0.25, -0.2) is 0 Å². The number of aliphatic hydroxyl groups excluding tert-OH is 2. The van der Waals surface area contributed by atoms with Gasteiger partial charge in [0.2, 0.25) is 5.91 Å². The summed E-state index contributed by atoms with van der Waals surface area (Å²) in [6.07, 6.45) is 0.270. The van der Waals surface area contributed by atoms with E-state index in [0.717, 1.165) is 0 Å². The van der Waals surface area contributed by atoms with Gasteiger partial charge in [-0.05, 0) is 25.8 Å². The molecular weight excluding hydrogens is 314 g/mol. The average Bonchev–Trinajstić information content (AvgIpc) is 2.55. The van der Waals surface area contributed by atoms with Gasteiger partial charge in [0, 0.05) is 5.92 Å². The number of nitrogens with one attached hydrogen (secondary N) is 1. The summed E-state index contributed by atoms with van der Waals surface area (Å²) in [6, 6.07) is 0. The molecule has 0 bridgehead atoms. The number of amides is 1. The van der Waals surface area contributed by atoms with Crippen molar-refractivity contribution in [2.24, 2.45) is 17.8 Å². The topological polar surface area (TPSA) is 124 Å². The van der Waals surface area contributed by atoms with E-state index in [4.69, 9.17) is 5.11 Å². The summed E-state index contributed by atoms with van der Waals surface area (Å²) in [4.78, 5) is 34.8. The number of carboxylic acid groups (broad SMARTS) is 1. The third-order valence-electron chi connectivity index (χ3n) is 4.20. The first-order valence-corrected chi connectivity index (χ1v) is 8.10. The van der Waals surface area contributed by atoms with E-state index in [0.29, 0.717) is 12.0 Å². The van der Waals surface area contributed by atoms with Gasteiger partial charge in [-0.2, -0.15) is 0 Å². The van der Waals surface area contributed by atoms with Gasteiger partial charge >= 0.3 is 5.97 Å². The molecule has 0 spiro atoms. The molecule has 0 aromatic carbocycles. The van der Waals surface area contributed by atoms with E-state index in [1.165, 1.54) is 13.8 Å². The zero-order chi connectivity index (χ0) is 19.0. The predicted molar refractivity (Wildman–Crippen MR) is 89.2 cm³/mol. The zero-order valence-electron chi connectivity index (χ0n) is 14.9. The van der Waals surface area contributed by atoms with Gasteiger partial charge in [-0.3, -0.25) is 14.4 Å². The van der Waals surface area contributed by atoms with E-state index in [2.05, 4.69) is 5.32 Å². The van der Waals surface area contributed by atoms with Gasteiger partial charge in [0.25, 0.3) is 0 Å². The number of hydrogen-bond donors (Lipinski definition) is 4. The summed E-state index contributed by atoms with van der Waals surface area (Å²) in [5, 5.41) is 30.9. The molecule has 0 heterocycles. The van der Waals surface area contributed by atoms with Gasteiger partial charge in [-0.1, -0.05) is 26.8 Å². The summed E-state index contributed by atoms with van der Waals surface area (Å²) in [5.41, 5.74) is 0.686. The Hall–Kier alpha value is -1.73. The second-order valence-electron chi connectivity index (χ2n) is 6.21. The first-order valence-electron chi connectivity index (χ1n) is 8.10. The third-order valence-corrected chi connectivity index (χ3v) is 4.20. The molecule has 0 aliphatic carbocycles. The van der Waals surface area contributed by atoms with E-state index < -0.39 is 41.7 Å². The van der Waals surface area contributed by atoms with Crippen LogP contribution >= 0.6 is 0 Å². The molecule has 24 heavy (non-hydrogen) atoms. The fourth-order valence-corrected chi connectivity index (χ4v) is 2.17. The lowest BCUT2D eigenvalue weighted by molar-refractivity contribution is -0.147. The molecule has 1 amide bonds. The molecule has 0 saturated heterocycles. The van der Waals surface area contributed by atoms with Crippen LogP contribution in [0.15, 0.2) is 11.6 Å². The van der Waals surface area contributed by atoms with E-state index in [9.17, 15) is 24.6 Å². The molecule has 138 valence electrons. The highest BCUT2D eigenvalue weighted by atomic mass is 16.4. The van der Waals surface area contributed by atoms with Crippen molar-refractivity contribution >= 4 is 17.7 Å². The summed E-state index contributed by atoms with van der Waals surface area (Å²) >= 11 is 0. The number of aliphatic carboxylic acids is 1. The summed E-state index contributed by atoms with van der Waals surface area (Å²) in [7, 11) is 0. The molecule has 0 aliphatic heterocycles. The Labute approximate surface area is 142 Å². The van der Waals surface area contributed by atoms with Crippen molar-refractivity contribution in [1.29, 1.82) is 0 Å². The molecule has 7 heteroatoms. The second-order valence-corrected chi connectivity index (χ2v) is 6.21. The van der Waals surface area contributed by atoms with Crippen molar-refractivity contribution in [3.05, 3.63) is 11.6 Å². The number of hydrogen-bond acceptors (Lipinski definition) is 5. The molecule has 0 aromatic heterocycles. The average molecular weight is 343 g/mol. The highest BCUT2D eigenvalue weighted by Gasteiger charge is 2.30. The molecule has 0 unspecified atom stereocenters. The van der Waals surface area contributed by atoms with Crippen LogP contribution < -0.4 is 5.32 Å². The third kappa shape index (κ3) is 6.80. The number of aliphatic hydroxyl groups is 2. The number of rotatable bonds is 10. The van der Waals surface area contributed by atoms with Gasteiger partial charge in [0.1, 0.15) is 0 Å². The fraction of sp³-hybridized carbons (Fsp3) is 0.706. The van der Waals surface area contributed by atoms with E-state index in [1.54, 1.807) is 19.9 Å². The largest absolute Gasteiger partial charge is 0.481 e. The maximum Gasteiger partial charge on any atom is 0.308 e. The van der Waals surface area contributed by atoms with Crippen LogP contribution in [-0.4, -0.2) is 51.7 Å². The SMILES string of the molecule is CC[C@H](O)/C(C)=C\[C@@H](C)C(=O)NCC(=O)[C@@H](C)[C@@H](O)[C@H](C)C(=O)O. The van der Waals surface area contributed by atoms with Gasteiger partial charge in [0.05, 0.1) is 30.6 Å². The van der Waals surface area contributed by atoms with Crippen LogP contribution in [0.5, 0.6) is 0 Å². The Morgan fingerprint density at radius 1 is 1.08 bits per heavy atom. The van der Waals surface area contributed by atoms with E-state index in [1.807, 2.05) is 6.92 Å². The van der Waals surface area contributed by atoms with Crippen molar-refractivity contribution in [3.63, 3.8) is 0 Å². The predicted octanol–water partition coefficient (Wildman–Crippen LogP) is 0.743. The molecule has 0 saturated carbocycles. The van der Waals surface area contributed by atoms with E-state index >= 15 is 0 Å². The van der Waals surface area contributed by atoms with Crippen molar-refractivity contribution in [3.8, 4) is 0 Å². The highest BCUT2D eigenvalue weighted by Crippen LogP contribution is 2.14. The molecule has 4 N–H and O–H groups in total. The fourth-order valence-electron chi connectivity index (χ4n) is 2.17. The first kappa shape index (κ1) is 22.3. The molecule has 0 fully saturated rings. The van der Waals surface area contributed by atoms with Crippen LogP contribution in [0.2, 0.25) is 0 Å². The number of ketones is 1. The van der Waals surface area contributed by atoms with Crippen LogP contribution in [0.1, 0.15) is 41.0 Å². The summed E-state index contributed by atoms with van der Waals surface area (Å²) in [6.45, 7) is 7.69. The van der Waals surface area contributed by atoms with Crippen LogP contribution in [0.4, 0.5) is 0 Å². The molecule has 7 nitrogen and oxygen atoms in total. The quantitative estimate of drug-likeness (QED) is 0.434. The smallest absolute Gasteiger partial charge is 0.308 e. The monoisotopic (exact) mass is 343 g/mol. The second kappa shape index (κ2) is 10.2. The Kier molecular flexibility index (Phi) is 9.47. The summed E-state index contributed by atoms with van der Waals surface area (Å²) in [5.74, 6) is -4.48. The Morgan fingerprint density at radius 3 is 2.08 bits per heavy atom. The Balaban J connectivity index is 4.59. The zero-order valence-corrected chi connectivity index (χ0v) is 14.9. The Morgan fingerprint density at radius 2 is 1.62 bits per heavy atom. The summed E-state index contributed by atoms with van der Waals surface area (Å²) < 4.78 is 0. The molecule has 0 aromatic rings. The number of carbonyl (C=O) groups excluding carboxylic acids is 2. The lowest BCUT2D eigenvalue weighted by atomic mass is 9.90. The maximum atomic E-state index is 12.0. The maximum absolute atomic E-state index is 12.0. The van der Waals surface area contributed by atoms with Gasteiger partial charge < -0.3 is 20.6 Å². The normalized spacial score (nSPS) is 18.2. The first-order chi connectivity index (χ1) is 11.0. The van der Waals surface area contributed by atoms with E-state index in [-0.39, 0.29) is 12.5 Å². The van der Waals surface area contributed by atoms with Crippen LogP contribution in [0.3, 0.4) is 0 Å². The number of carbonyl (C=O) groups is 3. The minimum Gasteiger partial charge on any atom is -0.481 e. The highest BCUT2D eigenvalue weighted by molar-refractivity contribution is 5.89. The van der Waals surface area contributed by atoms with Crippen molar-refractivity contribution in [1.82, 2.24) is 5.32 Å². The molecule has 0 rings (SSSR count). The number of carboxylic acids is 1.